The van der Waals surface area contributed by atoms with Gasteiger partial charge in [-0.1, -0.05) is 12.5 Å². The molecule has 4 aliphatic rings. The summed E-state index contributed by atoms with van der Waals surface area (Å²) in [6.07, 6.45) is 11.3. The molecule has 0 aromatic rings. The van der Waals surface area contributed by atoms with Gasteiger partial charge in [0.2, 0.25) is 0 Å². The zero-order chi connectivity index (χ0) is 14.4. The van der Waals surface area contributed by atoms with Crippen LogP contribution in [-0.4, -0.2) is 20.3 Å². The lowest BCUT2D eigenvalue weighted by Gasteiger charge is -2.49. The molecule has 0 unspecified atom stereocenters. The van der Waals surface area contributed by atoms with E-state index in [9.17, 15) is 0 Å². The molecular formula is C19H28O2. The van der Waals surface area contributed by atoms with Crippen LogP contribution in [0.1, 0.15) is 51.9 Å². The molecule has 2 fully saturated rings. The van der Waals surface area contributed by atoms with Crippen molar-refractivity contribution in [3.8, 4) is 0 Å². The Morgan fingerprint density at radius 3 is 3.00 bits per heavy atom. The van der Waals surface area contributed by atoms with Gasteiger partial charge in [-0.05, 0) is 72.8 Å². The Morgan fingerprint density at radius 2 is 2.14 bits per heavy atom. The Kier molecular flexibility index (Phi) is 3.40. The van der Waals surface area contributed by atoms with E-state index in [2.05, 4.69) is 13.2 Å². The molecule has 0 N–H and O–H groups in total. The first-order valence-corrected chi connectivity index (χ1v) is 8.76. The third-order valence-corrected chi connectivity index (χ3v) is 7.04. The zero-order valence-corrected chi connectivity index (χ0v) is 13.5. The highest BCUT2D eigenvalue weighted by atomic mass is 16.5. The SMILES string of the molecule is COC[C@@H]1CC[C@H]2[C@@H]3CCC4=COCCC4=C3CC[C@]12C. The predicted molar refractivity (Wildman–Crippen MR) is 83.8 cm³/mol. The number of hydrogen-bond donors (Lipinski definition) is 0. The molecule has 1 heterocycles. The maximum absolute atomic E-state index is 5.56. The standard InChI is InChI=1S/C19H28O2/c1-19-9-7-16-15-8-10-21-11-13(15)3-5-17(16)18(19)6-4-14(19)12-20-2/h11,14,17-18H,3-10,12H2,1-2H3/t14-,17+,18-,19+/m0/s1. The van der Waals surface area contributed by atoms with Gasteiger partial charge in [0.05, 0.1) is 12.9 Å². The average Bonchev–Trinajstić information content (AvgIpc) is 2.84. The van der Waals surface area contributed by atoms with Crippen molar-refractivity contribution in [2.45, 2.75) is 51.9 Å². The van der Waals surface area contributed by atoms with Crippen LogP contribution in [0.4, 0.5) is 0 Å². The molecule has 4 rings (SSSR count). The minimum Gasteiger partial charge on any atom is -0.501 e. The Balaban J connectivity index is 1.67. The van der Waals surface area contributed by atoms with Gasteiger partial charge in [0, 0.05) is 20.1 Å². The van der Waals surface area contributed by atoms with Crippen LogP contribution in [0.2, 0.25) is 0 Å². The Bertz CT molecular complexity index is 490. The Hall–Kier alpha value is -0.760. The second-order valence-corrected chi connectivity index (χ2v) is 7.75. The number of hydrogen-bond acceptors (Lipinski definition) is 2. The fraction of sp³-hybridized carbons (Fsp3) is 0.789. The van der Waals surface area contributed by atoms with Crippen LogP contribution in [-0.2, 0) is 9.47 Å². The fourth-order valence-electron chi connectivity index (χ4n) is 5.89. The number of ether oxygens (including phenoxy) is 2. The van der Waals surface area contributed by atoms with E-state index in [4.69, 9.17) is 9.47 Å². The average molecular weight is 288 g/mol. The summed E-state index contributed by atoms with van der Waals surface area (Å²) in [6.45, 7) is 4.42. The van der Waals surface area contributed by atoms with E-state index in [1.165, 1.54) is 44.1 Å². The Morgan fingerprint density at radius 1 is 1.24 bits per heavy atom. The van der Waals surface area contributed by atoms with E-state index in [0.717, 1.165) is 37.4 Å². The molecule has 0 bridgehead atoms. The van der Waals surface area contributed by atoms with Crippen LogP contribution in [0.15, 0.2) is 23.0 Å². The summed E-state index contributed by atoms with van der Waals surface area (Å²) in [6, 6.07) is 0. The molecule has 0 saturated heterocycles. The van der Waals surface area contributed by atoms with Crippen LogP contribution in [0.3, 0.4) is 0 Å². The van der Waals surface area contributed by atoms with Gasteiger partial charge in [-0.25, -0.2) is 0 Å². The molecule has 0 amide bonds. The van der Waals surface area contributed by atoms with Crippen molar-refractivity contribution >= 4 is 0 Å². The summed E-state index contributed by atoms with van der Waals surface area (Å²) in [5.41, 5.74) is 5.55. The van der Waals surface area contributed by atoms with E-state index in [1.54, 1.807) is 5.57 Å². The molecule has 116 valence electrons. The van der Waals surface area contributed by atoms with E-state index >= 15 is 0 Å². The van der Waals surface area contributed by atoms with E-state index in [0.29, 0.717) is 5.41 Å². The van der Waals surface area contributed by atoms with Gasteiger partial charge in [0.25, 0.3) is 0 Å². The van der Waals surface area contributed by atoms with Gasteiger partial charge in [-0.3, -0.25) is 0 Å². The smallest absolute Gasteiger partial charge is 0.0913 e. The summed E-state index contributed by atoms with van der Waals surface area (Å²) in [5, 5.41) is 0. The first-order valence-electron chi connectivity index (χ1n) is 8.76. The van der Waals surface area contributed by atoms with E-state index in [1.807, 2.05) is 12.7 Å². The third-order valence-electron chi connectivity index (χ3n) is 7.04. The highest BCUT2D eigenvalue weighted by Gasteiger charge is 2.53. The summed E-state index contributed by atoms with van der Waals surface area (Å²) in [5.74, 6) is 2.54. The second kappa shape index (κ2) is 5.15. The van der Waals surface area contributed by atoms with Crippen LogP contribution >= 0.6 is 0 Å². The predicted octanol–water partition coefficient (Wildman–Crippen LogP) is 4.47. The first kappa shape index (κ1) is 13.9. The molecule has 2 saturated carbocycles. The highest BCUT2D eigenvalue weighted by molar-refractivity contribution is 5.41. The lowest BCUT2D eigenvalue weighted by atomic mass is 9.56. The topological polar surface area (TPSA) is 18.5 Å². The molecule has 21 heavy (non-hydrogen) atoms. The molecule has 0 spiro atoms. The van der Waals surface area contributed by atoms with Crippen molar-refractivity contribution in [2.24, 2.45) is 23.2 Å². The largest absolute Gasteiger partial charge is 0.501 e. The summed E-state index contributed by atoms with van der Waals surface area (Å²) in [7, 11) is 1.87. The van der Waals surface area contributed by atoms with Gasteiger partial charge in [0.1, 0.15) is 0 Å². The van der Waals surface area contributed by atoms with Crippen LogP contribution in [0, 0.1) is 23.2 Å². The molecule has 3 aliphatic carbocycles. The van der Waals surface area contributed by atoms with Gasteiger partial charge in [-0.15, -0.1) is 0 Å². The van der Waals surface area contributed by atoms with Crippen molar-refractivity contribution in [2.75, 3.05) is 20.3 Å². The Labute approximate surface area is 128 Å². The van der Waals surface area contributed by atoms with Crippen molar-refractivity contribution in [3.05, 3.63) is 23.0 Å². The van der Waals surface area contributed by atoms with Crippen LogP contribution in [0.5, 0.6) is 0 Å². The summed E-state index contributed by atoms with van der Waals surface area (Å²) in [4.78, 5) is 0. The summed E-state index contributed by atoms with van der Waals surface area (Å²) < 4.78 is 11.1. The fourth-order valence-corrected chi connectivity index (χ4v) is 5.89. The molecule has 0 radical (unpaired) electrons. The second-order valence-electron chi connectivity index (χ2n) is 7.75. The molecule has 2 nitrogen and oxygen atoms in total. The quantitative estimate of drug-likeness (QED) is 0.746. The minimum absolute atomic E-state index is 0.525. The van der Waals surface area contributed by atoms with Gasteiger partial charge >= 0.3 is 0 Å². The van der Waals surface area contributed by atoms with Crippen LogP contribution in [0.25, 0.3) is 0 Å². The molecule has 0 aromatic carbocycles. The third kappa shape index (κ3) is 2.02. The van der Waals surface area contributed by atoms with Crippen molar-refractivity contribution in [1.82, 2.24) is 0 Å². The number of methoxy groups -OCH3 is 1. The molecule has 1 aliphatic heterocycles. The zero-order valence-electron chi connectivity index (χ0n) is 13.5. The maximum Gasteiger partial charge on any atom is 0.0913 e. The lowest BCUT2D eigenvalue weighted by Crippen LogP contribution is -2.41. The minimum atomic E-state index is 0.525. The first-order chi connectivity index (χ1) is 10.2. The number of rotatable bonds is 2. The van der Waals surface area contributed by atoms with Crippen LogP contribution < -0.4 is 0 Å². The number of allylic oxidation sites excluding steroid dienone is 2. The van der Waals surface area contributed by atoms with Gasteiger partial charge < -0.3 is 9.47 Å². The monoisotopic (exact) mass is 288 g/mol. The van der Waals surface area contributed by atoms with Gasteiger partial charge in [0.15, 0.2) is 0 Å². The van der Waals surface area contributed by atoms with Crippen molar-refractivity contribution in [3.63, 3.8) is 0 Å². The highest BCUT2D eigenvalue weighted by Crippen LogP contribution is 2.61. The van der Waals surface area contributed by atoms with Gasteiger partial charge in [-0.2, -0.15) is 0 Å². The summed E-state index contributed by atoms with van der Waals surface area (Å²) >= 11 is 0. The molecular weight excluding hydrogens is 260 g/mol. The van der Waals surface area contributed by atoms with Crippen molar-refractivity contribution < 1.29 is 9.47 Å². The maximum atomic E-state index is 5.56. The lowest BCUT2D eigenvalue weighted by molar-refractivity contribution is 0.0300. The normalized spacial score (nSPS) is 41.8. The molecule has 0 aromatic heterocycles. The molecule has 2 heteroatoms. The van der Waals surface area contributed by atoms with E-state index in [-0.39, 0.29) is 0 Å². The van der Waals surface area contributed by atoms with E-state index < -0.39 is 0 Å². The molecule has 4 atom stereocenters. The number of fused-ring (bicyclic) bond motifs is 4. The van der Waals surface area contributed by atoms with Crippen molar-refractivity contribution in [1.29, 1.82) is 0 Å².